The van der Waals surface area contributed by atoms with Crippen molar-refractivity contribution in [3.63, 3.8) is 0 Å². The molecule has 3 heterocycles. The molecule has 10 heteroatoms. The zero-order valence-electron chi connectivity index (χ0n) is 20.9. The van der Waals surface area contributed by atoms with Gasteiger partial charge < -0.3 is 19.5 Å². The molecule has 2 fully saturated rings. The van der Waals surface area contributed by atoms with E-state index in [4.69, 9.17) is 19.2 Å². The van der Waals surface area contributed by atoms with Crippen molar-refractivity contribution in [2.75, 3.05) is 19.2 Å². The van der Waals surface area contributed by atoms with Crippen molar-refractivity contribution in [2.45, 2.75) is 62.4 Å². The van der Waals surface area contributed by atoms with E-state index in [1.165, 1.54) is 11.8 Å². The number of hydrogen-bond acceptors (Lipinski definition) is 8. The number of aromatic nitrogens is 2. The maximum absolute atomic E-state index is 13.6. The van der Waals surface area contributed by atoms with Crippen molar-refractivity contribution in [2.24, 2.45) is 0 Å². The fourth-order valence-corrected chi connectivity index (χ4v) is 6.13. The Morgan fingerprint density at radius 1 is 1.00 bits per heavy atom. The number of hydrogen-bond donors (Lipinski definition) is 1. The predicted molar refractivity (Wildman–Crippen MR) is 142 cm³/mol. The van der Waals surface area contributed by atoms with Crippen molar-refractivity contribution in [3.05, 3.63) is 57.9 Å². The molecule has 3 aliphatic rings. The Balaban J connectivity index is 1.28. The zero-order chi connectivity index (χ0) is 26.1. The monoisotopic (exact) mass is 535 g/mol. The number of thioether (sulfide) groups is 1. The van der Waals surface area contributed by atoms with Gasteiger partial charge in [0.05, 0.1) is 29.3 Å². The van der Waals surface area contributed by atoms with Gasteiger partial charge in [0.25, 0.3) is 11.5 Å². The van der Waals surface area contributed by atoms with Crippen molar-refractivity contribution in [1.82, 2.24) is 14.9 Å². The third-order valence-electron chi connectivity index (χ3n) is 7.31. The van der Waals surface area contributed by atoms with E-state index in [1.54, 1.807) is 41.0 Å². The third kappa shape index (κ3) is 5.15. The number of ether oxygens (including phenoxy) is 3. The molecular formula is C28H29N3O6S. The molecule has 1 saturated carbocycles. The number of carbonyl (C=O) groups is 2. The summed E-state index contributed by atoms with van der Waals surface area (Å²) in [7, 11) is 0. The van der Waals surface area contributed by atoms with E-state index in [1.807, 2.05) is 0 Å². The first-order valence-electron chi connectivity index (χ1n) is 13.1. The molecule has 38 heavy (non-hydrogen) atoms. The van der Waals surface area contributed by atoms with E-state index < -0.39 is 0 Å². The summed E-state index contributed by atoms with van der Waals surface area (Å²) in [5.41, 5.74) is 1.21. The first-order valence-corrected chi connectivity index (χ1v) is 14.1. The molecule has 1 aromatic heterocycles. The van der Waals surface area contributed by atoms with E-state index in [2.05, 4.69) is 5.32 Å². The Kier molecular flexibility index (Phi) is 7.08. The molecule has 0 radical (unpaired) electrons. The number of amides is 1. The van der Waals surface area contributed by atoms with E-state index in [0.717, 1.165) is 38.5 Å². The number of carbonyl (C=O) groups excluding carboxylic acids is 2. The quantitative estimate of drug-likeness (QED) is 0.262. The first kappa shape index (κ1) is 24.9. The average Bonchev–Trinajstić information content (AvgIpc) is 3.71. The van der Waals surface area contributed by atoms with Gasteiger partial charge in [0, 0.05) is 23.8 Å². The molecule has 3 aromatic rings. The van der Waals surface area contributed by atoms with Crippen LogP contribution in [0.25, 0.3) is 10.9 Å². The number of fused-ring (bicyclic) bond motifs is 2. The van der Waals surface area contributed by atoms with E-state index in [0.29, 0.717) is 51.8 Å². The van der Waals surface area contributed by atoms with Gasteiger partial charge in [-0.3, -0.25) is 19.0 Å². The molecular weight excluding hydrogens is 506 g/mol. The highest BCUT2D eigenvalue weighted by atomic mass is 32.2. The number of benzene rings is 2. The standard InChI is InChI=1S/C28H29N3O6S/c32-23(17-8-10-24-25(13-17)37-16-36-24)15-38-28-30-22-12-18(26(33)29-19-4-1-2-5-19)7-9-21(22)27(34)31(28)14-20-6-3-11-35-20/h7-10,12-13,19-20H,1-6,11,14-16H2,(H,29,33)/t20-/m1/s1. The Hall–Kier alpha value is -3.37. The van der Waals surface area contributed by atoms with Gasteiger partial charge in [-0.15, -0.1) is 0 Å². The number of Topliss-reactive ketones (excluding diaryl/α,β-unsaturated/α-hetero) is 1. The van der Waals surface area contributed by atoms with E-state index >= 15 is 0 Å². The highest BCUT2D eigenvalue weighted by Gasteiger charge is 2.23. The minimum absolute atomic E-state index is 0.0766. The lowest BCUT2D eigenvalue weighted by Crippen LogP contribution is -2.32. The van der Waals surface area contributed by atoms with Crippen molar-refractivity contribution >= 4 is 34.4 Å². The fraction of sp³-hybridized carbons (Fsp3) is 0.429. The van der Waals surface area contributed by atoms with Crippen molar-refractivity contribution in [1.29, 1.82) is 0 Å². The lowest BCUT2D eigenvalue weighted by molar-refractivity contribution is 0.0935. The summed E-state index contributed by atoms with van der Waals surface area (Å²) >= 11 is 1.21. The highest BCUT2D eigenvalue weighted by Crippen LogP contribution is 2.33. The normalized spacial score (nSPS) is 18.8. The molecule has 6 rings (SSSR count). The van der Waals surface area contributed by atoms with E-state index in [-0.39, 0.29) is 41.9 Å². The second kappa shape index (κ2) is 10.8. The van der Waals surface area contributed by atoms with Crippen LogP contribution in [0.15, 0.2) is 46.3 Å². The first-order chi connectivity index (χ1) is 18.5. The Labute approximate surface area is 223 Å². The van der Waals surface area contributed by atoms with Crippen LogP contribution in [0.2, 0.25) is 0 Å². The molecule has 1 amide bonds. The zero-order valence-corrected chi connectivity index (χ0v) is 21.8. The van der Waals surface area contributed by atoms with Gasteiger partial charge in [-0.1, -0.05) is 24.6 Å². The lowest BCUT2D eigenvalue weighted by atomic mass is 10.1. The highest BCUT2D eigenvalue weighted by molar-refractivity contribution is 7.99. The SMILES string of the molecule is O=C(CSc1nc2cc(C(=O)NC3CCCC3)ccc2c(=O)n1C[C@H]1CCCO1)c1ccc2c(c1)OCO2. The Bertz CT molecular complexity index is 1440. The molecule has 0 bridgehead atoms. The summed E-state index contributed by atoms with van der Waals surface area (Å²) in [5.74, 6) is 0.976. The second-order valence-corrected chi connectivity index (χ2v) is 10.9. The molecule has 9 nitrogen and oxygen atoms in total. The minimum Gasteiger partial charge on any atom is -0.454 e. The molecule has 1 saturated heterocycles. The number of nitrogens with one attached hydrogen (secondary N) is 1. The van der Waals surface area contributed by atoms with E-state index in [9.17, 15) is 14.4 Å². The summed E-state index contributed by atoms with van der Waals surface area (Å²) in [6.45, 7) is 1.18. The third-order valence-corrected chi connectivity index (χ3v) is 8.29. The molecule has 1 N–H and O–H groups in total. The average molecular weight is 536 g/mol. The van der Waals surface area contributed by atoms with Crippen LogP contribution in [-0.4, -0.2) is 52.5 Å². The van der Waals surface area contributed by atoms with Crippen LogP contribution in [0.5, 0.6) is 11.5 Å². The topological polar surface area (TPSA) is 109 Å². The number of nitrogens with zero attached hydrogens (tertiary/aromatic N) is 2. The van der Waals surface area contributed by atoms with Crippen LogP contribution in [0.3, 0.4) is 0 Å². The molecule has 1 aliphatic carbocycles. The van der Waals surface area contributed by atoms with Gasteiger partial charge in [-0.2, -0.15) is 0 Å². The van der Waals surface area contributed by atoms with Gasteiger partial charge >= 0.3 is 0 Å². The summed E-state index contributed by atoms with van der Waals surface area (Å²) < 4.78 is 18.1. The van der Waals surface area contributed by atoms with Gasteiger partial charge in [0.15, 0.2) is 22.4 Å². The van der Waals surface area contributed by atoms with Crippen LogP contribution in [0.1, 0.15) is 59.2 Å². The molecule has 2 aliphatic heterocycles. The molecule has 0 spiro atoms. The van der Waals surface area contributed by atoms with Crippen LogP contribution >= 0.6 is 11.8 Å². The molecule has 198 valence electrons. The van der Waals surface area contributed by atoms with Gasteiger partial charge in [0.1, 0.15) is 0 Å². The maximum atomic E-state index is 13.6. The van der Waals surface area contributed by atoms with Crippen LogP contribution < -0.4 is 20.3 Å². The van der Waals surface area contributed by atoms with Gasteiger partial charge in [-0.25, -0.2) is 4.98 Å². The number of ketones is 1. The summed E-state index contributed by atoms with van der Waals surface area (Å²) in [6, 6.07) is 10.3. The van der Waals surface area contributed by atoms with Crippen LogP contribution in [0.4, 0.5) is 0 Å². The molecule has 0 unspecified atom stereocenters. The minimum atomic E-state index is -0.203. The Morgan fingerprint density at radius 3 is 2.63 bits per heavy atom. The maximum Gasteiger partial charge on any atom is 0.262 e. The second-order valence-electron chi connectivity index (χ2n) is 9.91. The predicted octanol–water partition coefficient (Wildman–Crippen LogP) is 3.95. The van der Waals surface area contributed by atoms with Crippen molar-refractivity contribution in [3.8, 4) is 11.5 Å². The van der Waals surface area contributed by atoms with Gasteiger partial charge in [-0.05, 0) is 62.1 Å². The largest absolute Gasteiger partial charge is 0.454 e. The smallest absolute Gasteiger partial charge is 0.262 e. The lowest BCUT2D eigenvalue weighted by Gasteiger charge is -2.17. The van der Waals surface area contributed by atoms with Crippen LogP contribution in [0, 0.1) is 0 Å². The molecule has 2 aromatic carbocycles. The van der Waals surface area contributed by atoms with Gasteiger partial charge in [0.2, 0.25) is 6.79 Å². The molecule has 1 atom stereocenters. The van der Waals surface area contributed by atoms with Crippen molar-refractivity contribution < 1.29 is 23.8 Å². The summed E-state index contributed by atoms with van der Waals surface area (Å²) in [4.78, 5) is 44.2. The fourth-order valence-electron chi connectivity index (χ4n) is 5.23. The summed E-state index contributed by atoms with van der Waals surface area (Å²) in [6.07, 6.45) is 5.97. The summed E-state index contributed by atoms with van der Waals surface area (Å²) in [5, 5.41) is 3.96. The van der Waals surface area contributed by atoms with Crippen LogP contribution in [-0.2, 0) is 11.3 Å². The Morgan fingerprint density at radius 2 is 1.82 bits per heavy atom. The number of rotatable bonds is 8.